The Kier molecular flexibility index (Phi) is 34.3. The van der Waals surface area contributed by atoms with Crippen molar-refractivity contribution in [2.24, 2.45) is 44.0 Å². The first-order valence-corrected chi connectivity index (χ1v) is 45.7. The minimum absolute atomic E-state index is 0.000977. The average Bonchev–Trinajstić information content (AvgIpc) is 1.60. The highest BCUT2D eigenvalue weighted by Gasteiger charge is 2.41. The van der Waals surface area contributed by atoms with Gasteiger partial charge in [-0.25, -0.2) is 39.9 Å². The van der Waals surface area contributed by atoms with Gasteiger partial charge in [-0.05, 0) is 156 Å². The van der Waals surface area contributed by atoms with E-state index in [1.165, 1.54) is 19.6 Å². The molecule has 8 heterocycles. The number of nitrogens with two attached hydrogens (primary N) is 5. The molecule has 0 bridgehead atoms. The van der Waals surface area contributed by atoms with E-state index in [0.29, 0.717) is 155 Å². The second-order valence-electron chi connectivity index (χ2n) is 33.4. The molecule has 4 aliphatic heterocycles. The summed E-state index contributed by atoms with van der Waals surface area (Å²) in [7, 11) is 0. The molecule has 0 unspecified atom stereocenters. The molecule has 0 saturated carbocycles. The van der Waals surface area contributed by atoms with E-state index in [1.54, 1.807) is 97.1 Å². The second kappa shape index (κ2) is 48.1. The number of hydrogen-bond acceptors (Lipinski definition) is 24. The van der Waals surface area contributed by atoms with Crippen LogP contribution >= 0.6 is 0 Å². The smallest absolute Gasteiger partial charge is 0.267 e. The molecule has 0 atom stereocenters. The number of unbranched alkanes of at least 4 members (excludes halogenated alkanes) is 6. The number of nitrogens with one attached hydrogen (secondary N) is 4. The molecule has 0 spiro atoms. The van der Waals surface area contributed by atoms with E-state index < -0.39 is 23.6 Å². The minimum Gasteiger partial charge on any atom is -0.364 e. The summed E-state index contributed by atoms with van der Waals surface area (Å²) in [5.74, 6) is -3.04. The van der Waals surface area contributed by atoms with Crippen molar-refractivity contribution < 1.29 is 57.5 Å². The number of primary amides is 4. The van der Waals surface area contributed by atoms with Crippen LogP contribution in [0.3, 0.4) is 0 Å². The number of azide groups is 3. The number of fused-ring (bicyclic) bond motifs is 4. The van der Waals surface area contributed by atoms with E-state index in [-0.39, 0.29) is 142 Å². The first-order valence-electron chi connectivity index (χ1n) is 45.7. The Morgan fingerprint density at radius 3 is 0.755 bits per heavy atom. The van der Waals surface area contributed by atoms with Gasteiger partial charge in [0.05, 0.1) is 48.4 Å². The Morgan fingerprint density at radius 1 is 0.308 bits per heavy atom. The number of anilines is 8. The number of aromatic nitrogens is 8. The summed E-state index contributed by atoms with van der Waals surface area (Å²) in [6, 6.07) is 56.5. The molecule has 42 nitrogen and oxygen atoms in total. The summed E-state index contributed by atoms with van der Waals surface area (Å²) >= 11 is 0. The maximum Gasteiger partial charge on any atom is 0.267 e. The predicted molar refractivity (Wildman–Crippen MR) is 534 cm³/mol. The van der Waals surface area contributed by atoms with Crippen molar-refractivity contribution in [3.8, 4) is 45.6 Å². The highest BCUT2D eigenvalue weighted by atomic mass is 16.2. The molecule has 4 aliphatic rings. The van der Waals surface area contributed by atoms with Crippen LogP contribution in [0, 0.1) is 27.7 Å². The summed E-state index contributed by atoms with van der Waals surface area (Å²) < 4.78 is 0. The van der Waals surface area contributed by atoms with Gasteiger partial charge in [0, 0.05) is 134 Å². The number of benzene rings is 8. The van der Waals surface area contributed by atoms with Crippen LogP contribution in [0.5, 0.6) is 0 Å². The number of amides is 12. The molecule has 8 aromatic carbocycles. The zero-order chi connectivity index (χ0) is 102. The van der Waals surface area contributed by atoms with Gasteiger partial charge >= 0.3 is 0 Å². The van der Waals surface area contributed by atoms with Gasteiger partial charge in [-0.3, -0.25) is 77.1 Å². The Bertz CT molecular complexity index is 7090. The largest absolute Gasteiger partial charge is 0.364 e. The van der Waals surface area contributed by atoms with Crippen LogP contribution in [0.25, 0.3) is 76.9 Å². The summed E-state index contributed by atoms with van der Waals surface area (Å²) in [6.45, 7) is 11.2. The van der Waals surface area contributed by atoms with Crippen LogP contribution in [0.4, 0.5) is 46.0 Å². The lowest BCUT2D eigenvalue weighted by Crippen LogP contribution is -2.29. The summed E-state index contributed by atoms with van der Waals surface area (Å²) in [5.41, 5.74) is 64.6. The Hall–Kier alpha value is -18.4. The van der Waals surface area contributed by atoms with Gasteiger partial charge in [-0.2, -0.15) is 0 Å². The van der Waals surface area contributed by atoms with Crippen LogP contribution in [-0.4, -0.2) is 163 Å². The molecular formula is C101H100N30O12. The SMILES string of the molecule is Cc1ccc(-c2nc(C(N)=O)c3c(n2)N(c2cccc(C(=O)NCCCCCCN=[N+]=[N-])c2)C(=O)C3)cc1.Cc1ccc(-c2nc(C(N)=O)c3c(n2)N(c2cccc(C(=O)NCCCCCN=[N+]=[N-])c2)C(=O)C3)cc1.Cc1ccc(-c2nc(C(N)=O)c3c(n2)N(c2cccc(C(=O)NCCCCN=[N+]=[N-])c2)C(=O)C3)cc1.Cc1ccc(-c2nc(C(N)=O)c3c(n2)N(c2cccc(C(=O)NCCN)c2)C(=O)C3)cc1. The van der Waals surface area contributed by atoms with Crippen molar-refractivity contribution in [3.05, 3.63) is 315 Å². The number of nitrogens with zero attached hydrogens (tertiary/aromatic N) is 21. The van der Waals surface area contributed by atoms with Crippen molar-refractivity contribution in [3.63, 3.8) is 0 Å². The van der Waals surface area contributed by atoms with E-state index in [4.69, 9.17) is 45.3 Å². The lowest BCUT2D eigenvalue weighted by Gasteiger charge is -2.18. The van der Waals surface area contributed by atoms with Gasteiger partial charge in [0.1, 0.15) is 46.0 Å². The third kappa shape index (κ3) is 25.3. The molecule has 12 aromatic rings. The van der Waals surface area contributed by atoms with Gasteiger partial charge in [0.25, 0.3) is 47.3 Å². The lowest BCUT2D eigenvalue weighted by molar-refractivity contribution is -0.117. The highest BCUT2D eigenvalue weighted by Crippen LogP contribution is 2.43. The minimum atomic E-state index is -0.745. The highest BCUT2D eigenvalue weighted by molar-refractivity contribution is 6.14. The molecule has 42 heteroatoms. The molecule has 4 aromatic heterocycles. The maximum absolute atomic E-state index is 13.1. The molecule has 0 fully saturated rings. The van der Waals surface area contributed by atoms with Gasteiger partial charge in [-0.1, -0.05) is 178 Å². The molecule has 0 radical (unpaired) electrons. The molecule has 726 valence electrons. The first-order chi connectivity index (χ1) is 69.0. The van der Waals surface area contributed by atoms with E-state index >= 15 is 0 Å². The van der Waals surface area contributed by atoms with Crippen molar-refractivity contribution >= 4 is 117 Å². The van der Waals surface area contributed by atoms with Crippen LogP contribution in [0.1, 0.15) is 186 Å². The summed E-state index contributed by atoms with van der Waals surface area (Å²) in [6.07, 6.45) is 6.80. The Morgan fingerprint density at radius 2 is 0.524 bits per heavy atom. The fourth-order valence-corrected chi connectivity index (χ4v) is 15.8. The van der Waals surface area contributed by atoms with Crippen molar-refractivity contribution in [1.82, 2.24) is 61.1 Å². The number of carbonyl (C=O) groups is 12. The lowest BCUT2D eigenvalue weighted by atomic mass is 10.1. The maximum atomic E-state index is 13.1. The first kappa shape index (κ1) is 102. The molecule has 12 amide bonds. The van der Waals surface area contributed by atoms with Gasteiger partial charge in [0.2, 0.25) is 23.6 Å². The van der Waals surface area contributed by atoms with Crippen LogP contribution in [0.15, 0.2) is 209 Å². The fourth-order valence-electron chi connectivity index (χ4n) is 15.8. The predicted octanol–water partition coefficient (Wildman–Crippen LogP) is 13.4. The van der Waals surface area contributed by atoms with Crippen LogP contribution in [-0.2, 0) is 44.9 Å². The second-order valence-corrected chi connectivity index (χ2v) is 33.4. The van der Waals surface area contributed by atoms with E-state index in [1.807, 2.05) is 125 Å². The number of carbonyl (C=O) groups excluding carboxylic acids is 12. The molecule has 143 heavy (non-hydrogen) atoms. The molecule has 14 N–H and O–H groups in total. The van der Waals surface area contributed by atoms with Gasteiger partial charge < -0.3 is 49.9 Å². The summed E-state index contributed by atoms with van der Waals surface area (Å²) in [4.78, 5) is 201. The topological polar surface area (TPSA) is 645 Å². The quantitative estimate of drug-likeness (QED) is 0.00762. The third-order valence-corrected chi connectivity index (χ3v) is 23.0. The number of aryl methyl sites for hydroxylation is 4. The summed E-state index contributed by atoms with van der Waals surface area (Å²) in [5, 5.41) is 21.7. The normalized spacial score (nSPS) is 12.2. The van der Waals surface area contributed by atoms with Crippen LogP contribution < -0.4 is 69.5 Å². The van der Waals surface area contributed by atoms with Crippen molar-refractivity contribution in [2.75, 3.05) is 72.0 Å². The zero-order valence-corrected chi connectivity index (χ0v) is 78.5. The standard InChI is InChI=1S/C27H28N8O3.C26H26N8O3.C25H24N8O3.C23H22N6O3/c1-17-9-11-18(12-10-17)25-32-23(24(28)37)21-16-22(36)35(26(21)33-25)20-8-6-7-19(15-20)27(38)30-13-4-2-3-5-14-31-34-29;1-16-8-10-17(11-9-16)24-31-22(23(27)36)20-15-21(35)34(25(20)32-24)19-7-5-6-18(14-19)26(37)29-12-3-2-4-13-30-33-28;1-15-7-9-16(10-8-15)23-30-21(22(26)35)19-14-20(34)33(24(19)31-23)18-6-4-5-17(13-18)25(36)28-11-2-3-12-29-32-27;1-13-5-7-14(8-6-13)21-27-19(20(25)31)17-12-18(30)29(22(17)28-21)16-4-2-3-15(11-16)23(32)26-10-9-24/h6-12,15H,2-5,13-14,16H2,1H3,(H2,28,37)(H,30,38);5-11,14H,2-4,12-13,15H2,1H3,(H2,27,36)(H,29,37);4-10,13H,2-3,11-12,14H2,1H3,(H2,26,35)(H,28,36);2-8,11H,9-10,12,24H2,1H3,(H2,25,31)(H,26,32). The van der Waals surface area contributed by atoms with Gasteiger partial charge in [0.15, 0.2) is 23.3 Å². The van der Waals surface area contributed by atoms with E-state index in [9.17, 15) is 57.5 Å². The molecule has 16 rings (SSSR count). The van der Waals surface area contributed by atoms with Gasteiger partial charge in [-0.15, -0.1) is 0 Å². The molecular weight excluding hydrogens is 1830 g/mol. The Labute approximate surface area is 819 Å². The van der Waals surface area contributed by atoms with Crippen molar-refractivity contribution in [1.29, 1.82) is 0 Å². The molecule has 0 saturated heterocycles. The third-order valence-electron chi connectivity index (χ3n) is 23.0. The Balaban J connectivity index is 0.000000160. The molecule has 0 aliphatic carbocycles. The fraction of sp³-hybridized carbons (Fsp3) is 0.248. The monoisotopic (exact) mass is 1920 g/mol. The zero-order valence-electron chi connectivity index (χ0n) is 78.5. The van der Waals surface area contributed by atoms with E-state index in [0.717, 1.165) is 67.2 Å². The van der Waals surface area contributed by atoms with Crippen molar-refractivity contribution in [2.45, 2.75) is 111 Å². The number of rotatable bonds is 36. The number of hydrogen-bond donors (Lipinski definition) is 9. The average molecular weight is 1930 g/mol. The van der Waals surface area contributed by atoms with E-state index in [2.05, 4.69) is 91.2 Å². The van der Waals surface area contributed by atoms with Crippen LogP contribution in [0.2, 0.25) is 0 Å².